The summed E-state index contributed by atoms with van der Waals surface area (Å²) in [4.78, 5) is 24.7. The van der Waals surface area contributed by atoms with Gasteiger partial charge in [-0.05, 0) is 75.2 Å². The van der Waals surface area contributed by atoms with Crippen LogP contribution in [0.5, 0.6) is 0 Å². The SMILES string of the molecule is C[C@]12CC[C@H]3[C@@H](CCC4=CC(=O)CC[C@@]43CNC3CC3)[C@@H]1CCC2=O. The molecule has 5 aliphatic rings. The molecule has 5 atom stereocenters. The maximum Gasteiger partial charge on any atom is 0.155 e. The fourth-order valence-electron chi connectivity index (χ4n) is 7.08. The highest BCUT2D eigenvalue weighted by atomic mass is 16.1. The van der Waals surface area contributed by atoms with Crippen molar-refractivity contribution >= 4 is 11.6 Å². The predicted octanol–water partition coefficient (Wildman–Crippen LogP) is 3.82. The van der Waals surface area contributed by atoms with Gasteiger partial charge in [-0.2, -0.15) is 0 Å². The van der Waals surface area contributed by atoms with E-state index in [2.05, 4.69) is 12.2 Å². The first-order valence-corrected chi connectivity index (χ1v) is 10.5. The van der Waals surface area contributed by atoms with E-state index < -0.39 is 0 Å². The van der Waals surface area contributed by atoms with E-state index in [4.69, 9.17) is 0 Å². The molecular formula is C22H31NO2. The van der Waals surface area contributed by atoms with Crippen LogP contribution in [0.15, 0.2) is 11.6 Å². The highest BCUT2D eigenvalue weighted by Crippen LogP contribution is 2.64. The molecule has 0 aromatic rings. The smallest absolute Gasteiger partial charge is 0.155 e. The molecule has 4 fully saturated rings. The highest BCUT2D eigenvalue weighted by Gasteiger charge is 2.60. The van der Waals surface area contributed by atoms with Crippen LogP contribution in [-0.4, -0.2) is 24.2 Å². The second-order valence-electron chi connectivity index (χ2n) is 9.78. The monoisotopic (exact) mass is 341 g/mol. The molecule has 3 heteroatoms. The Labute approximate surface area is 151 Å². The van der Waals surface area contributed by atoms with Gasteiger partial charge in [0.15, 0.2) is 5.78 Å². The average molecular weight is 341 g/mol. The number of fused-ring (bicyclic) bond motifs is 5. The van der Waals surface area contributed by atoms with Gasteiger partial charge in [-0.3, -0.25) is 9.59 Å². The molecule has 5 aliphatic carbocycles. The summed E-state index contributed by atoms with van der Waals surface area (Å²) in [5.74, 6) is 2.83. The van der Waals surface area contributed by atoms with Crippen molar-refractivity contribution in [2.24, 2.45) is 28.6 Å². The van der Waals surface area contributed by atoms with E-state index in [0.29, 0.717) is 29.3 Å². The summed E-state index contributed by atoms with van der Waals surface area (Å²) in [6.45, 7) is 3.32. The number of ketones is 2. The summed E-state index contributed by atoms with van der Waals surface area (Å²) in [6.07, 6.45) is 12.9. The quantitative estimate of drug-likeness (QED) is 0.849. The Morgan fingerprint density at radius 1 is 1.00 bits per heavy atom. The molecular weight excluding hydrogens is 310 g/mol. The first-order valence-electron chi connectivity index (χ1n) is 10.5. The number of rotatable bonds is 3. The molecule has 0 aromatic carbocycles. The lowest BCUT2D eigenvalue weighted by atomic mass is 9.47. The molecule has 1 N–H and O–H groups in total. The van der Waals surface area contributed by atoms with Gasteiger partial charge in [0.25, 0.3) is 0 Å². The normalized spacial score (nSPS) is 46.3. The third kappa shape index (κ3) is 2.34. The van der Waals surface area contributed by atoms with E-state index in [1.54, 1.807) is 0 Å². The molecule has 5 rings (SSSR count). The molecule has 0 radical (unpaired) electrons. The van der Waals surface area contributed by atoms with Gasteiger partial charge in [-0.1, -0.05) is 12.5 Å². The number of nitrogens with one attached hydrogen (secondary N) is 1. The van der Waals surface area contributed by atoms with Crippen LogP contribution >= 0.6 is 0 Å². The molecule has 0 aromatic heterocycles. The highest BCUT2D eigenvalue weighted by molar-refractivity contribution is 5.91. The first-order chi connectivity index (χ1) is 12.0. The van der Waals surface area contributed by atoms with Gasteiger partial charge in [0, 0.05) is 36.3 Å². The maximum atomic E-state index is 12.6. The Bertz CT molecular complexity index is 648. The summed E-state index contributed by atoms with van der Waals surface area (Å²) in [5, 5.41) is 3.82. The Kier molecular flexibility index (Phi) is 3.58. The van der Waals surface area contributed by atoms with Crippen molar-refractivity contribution in [2.75, 3.05) is 6.54 Å². The summed E-state index contributed by atoms with van der Waals surface area (Å²) in [7, 11) is 0. The molecule has 136 valence electrons. The van der Waals surface area contributed by atoms with Crippen LogP contribution in [0.25, 0.3) is 0 Å². The minimum atomic E-state index is -0.0437. The Morgan fingerprint density at radius 2 is 1.84 bits per heavy atom. The molecule has 0 spiro atoms. The maximum absolute atomic E-state index is 12.6. The fourth-order valence-corrected chi connectivity index (χ4v) is 7.08. The summed E-state index contributed by atoms with van der Waals surface area (Å²) < 4.78 is 0. The van der Waals surface area contributed by atoms with Crippen LogP contribution in [-0.2, 0) is 9.59 Å². The third-order valence-corrected chi connectivity index (χ3v) is 8.68. The first kappa shape index (κ1) is 16.2. The van der Waals surface area contributed by atoms with Crippen LogP contribution in [0.1, 0.15) is 71.1 Å². The minimum absolute atomic E-state index is 0.0437. The topological polar surface area (TPSA) is 46.2 Å². The van der Waals surface area contributed by atoms with Crippen LogP contribution in [0, 0.1) is 28.6 Å². The molecule has 25 heavy (non-hydrogen) atoms. The zero-order chi connectivity index (χ0) is 17.2. The lowest BCUT2D eigenvalue weighted by molar-refractivity contribution is -0.132. The largest absolute Gasteiger partial charge is 0.313 e. The summed E-state index contributed by atoms with van der Waals surface area (Å²) in [5.41, 5.74) is 1.61. The average Bonchev–Trinajstić information content (AvgIpc) is 3.38. The molecule has 0 amide bonds. The van der Waals surface area contributed by atoms with Gasteiger partial charge in [0.1, 0.15) is 5.78 Å². The molecule has 3 nitrogen and oxygen atoms in total. The fraction of sp³-hybridized carbons (Fsp3) is 0.818. The van der Waals surface area contributed by atoms with Gasteiger partial charge < -0.3 is 5.32 Å². The van der Waals surface area contributed by atoms with E-state index in [1.165, 1.54) is 31.3 Å². The van der Waals surface area contributed by atoms with Crippen LogP contribution in [0.4, 0.5) is 0 Å². The molecule has 0 heterocycles. The second kappa shape index (κ2) is 5.52. The minimum Gasteiger partial charge on any atom is -0.313 e. The van der Waals surface area contributed by atoms with Crippen molar-refractivity contribution in [2.45, 2.75) is 77.2 Å². The van der Waals surface area contributed by atoms with E-state index in [1.807, 2.05) is 6.08 Å². The number of carbonyl (C=O) groups excluding carboxylic acids is 2. The van der Waals surface area contributed by atoms with Crippen molar-refractivity contribution in [3.63, 3.8) is 0 Å². The van der Waals surface area contributed by atoms with Crippen molar-refractivity contribution in [1.29, 1.82) is 0 Å². The molecule has 0 aliphatic heterocycles. The van der Waals surface area contributed by atoms with Crippen LogP contribution in [0.2, 0.25) is 0 Å². The predicted molar refractivity (Wildman–Crippen MR) is 97.1 cm³/mol. The number of hydrogen-bond donors (Lipinski definition) is 1. The van der Waals surface area contributed by atoms with Crippen molar-refractivity contribution in [3.05, 3.63) is 11.6 Å². The van der Waals surface area contributed by atoms with Crippen LogP contribution < -0.4 is 5.32 Å². The number of Topliss-reactive ketones (excluding diaryl/α,β-unsaturated/α-hetero) is 1. The summed E-state index contributed by atoms with van der Waals surface area (Å²) >= 11 is 0. The van der Waals surface area contributed by atoms with Crippen molar-refractivity contribution in [1.82, 2.24) is 5.32 Å². The van der Waals surface area contributed by atoms with Gasteiger partial charge >= 0.3 is 0 Å². The van der Waals surface area contributed by atoms with E-state index >= 15 is 0 Å². The molecule has 0 unspecified atom stereocenters. The van der Waals surface area contributed by atoms with E-state index in [-0.39, 0.29) is 10.8 Å². The standard InChI is InChI=1S/C22H31NO2/c1-21-10-9-19-17(18(21)6-7-20(21)25)5-2-14-12-16(24)8-11-22(14,19)13-23-15-3-4-15/h12,15,17-19,23H,2-11,13H2,1H3/t17-,18-,19-,21-,22+/m0/s1. The molecule has 4 saturated carbocycles. The molecule has 0 bridgehead atoms. The Balaban J connectivity index is 1.50. The van der Waals surface area contributed by atoms with Gasteiger partial charge in [0.05, 0.1) is 0 Å². The van der Waals surface area contributed by atoms with E-state index in [9.17, 15) is 9.59 Å². The van der Waals surface area contributed by atoms with Crippen molar-refractivity contribution < 1.29 is 9.59 Å². The zero-order valence-corrected chi connectivity index (χ0v) is 15.5. The Hall–Kier alpha value is -0.960. The zero-order valence-electron chi connectivity index (χ0n) is 15.5. The van der Waals surface area contributed by atoms with Crippen LogP contribution in [0.3, 0.4) is 0 Å². The third-order valence-electron chi connectivity index (χ3n) is 8.68. The second-order valence-corrected chi connectivity index (χ2v) is 9.78. The van der Waals surface area contributed by atoms with E-state index in [0.717, 1.165) is 51.1 Å². The number of carbonyl (C=O) groups is 2. The van der Waals surface area contributed by atoms with Crippen molar-refractivity contribution in [3.8, 4) is 0 Å². The lowest BCUT2D eigenvalue weighted by Crippen LogP contribution is -2.55. The van der Waals surface area contributed by atoms with Gasteiger partial charge in [-0.25, -0.2) is 0 Å². The number of hydrogen-bond acceptors (Lipinski definition) is 3. The van der Waals surface area contributed by atoms with Gasteiger partial charge in [0.2, 0.25) is 0 Å². The Morgan fingerprint density at radius 3 is 2.64 bits per heavy atom. The lowest BCUT2D eigenvalue weighted by Gasteiger charge is -2.58. The molecule has 0 saturated heterocycles. The summed E-state index contributed by atoms with van der Waals surface area (Å²) in [6, 6.07) is 0.718. The van der Waals surface area contributed by atoms with Gasteiger partial charge in [-0.15, -0.1) is 0 Å².